The van der Waals surface area contributed by atoms with Crippen molar-refractivity contribution in [3.63, 3.8) is 0 Å². The number of carbonyl (C=O) groups is 1. The molecule has 0 aliphatic carbocycles. The molecule has 0 aromatic heterocycles. The second kappa shape index (κ2) is 6.40. The third kappa shape index (κ3) is 3.47. The molecule has 1 unspecified atom stereocenters. The highest BCUT2D eigenvalue weighted by molar-refractivity contribution is 5.73. The maximum Gasteiger partial charge on any atom is 0.321 e. The van der Waals surface area contributed by atoms with E-state index in [9.17, 15) is 4.79 Å². The Morgan fingerprint density at radius 3 is 2.56 bits per heavy atom. The quantitative estimate of drug-likeness (QED) is 0.812. The van der Waals surface area contributed by atoms with Crippen LogP contribution in [0, 0.1) is 0 Å². The van der Waals surface area contributed by atoms with Crippen molar-refractivity contribution >= 4 is 5.97 Å². The molecule has 0 aliphatic rings. The van der Waals surface area contributed by atoms with Gasteiger partial charge in [-0.2, -0.15) is 0 Å². The molecule has 2 N–H and O–H groups in total. The van der Waals surface area contributed by atoms with Crippen LogP contribution >= 0.6 is 0 Å². The summed E-state index contributed by atoms with van der Waals surface area (Å²) < 4.78 is 5.31. The zero-order valence-electron chi connectivity index (χ0n) is 11.4. The Labute approximate surface area is 108 Å². The lowest BCUT2D eigenvalue weighted by Gasteiger charge is -2.16. The molecule has 0 spiro atoms. The largest absolute Gasteiger partial charge is 0.496 e. The summed E-state index contributed by atoms with van der Waals surface area (Å²) in [5.74, 6) is 0.363. The Kier molecular flexibility index (Phi) is 5.16. The molecular formula is C14H21NO3. The number of carboxylic acids is 1. The van der Waals surface area contributed by atoms with Crippen LogP contribution in [0.4, 0.5) is 0 Å². The van der Waals surface area contributed by atoms with Crippen LogP contribution < -0.4 is 10.1 Å². The van der Waals surface area contributed by atoms with Crippen LogP contribution in [0.1, 0.15) is 30.9 Å². The second-order valence-electron chi connectivity index (χ2n) is 4.61. The van der Waals surface area contributed by atoms with Crippen LogP contribution in [0.2, 0.25) is 0 Å². The number of carboxylic acid groups (broad SMARTS) is 1. The van der Waals surface area contributed by atoms with Gasteiger partial charge in [0.2, 0.25) is 0 Å². The van der Waals surface area contributed by atoms with Gasteiger partial charge in [0, 0.05) is 0 Å². The van der Waals surface area contributed by atoms with Gasteiger partial charge in [0.15, 0.2) is 0 Å². The summed E-state index contributed by atoms with van der Waals surface area (Å²) in [7, 11) is 3.31. The zero-order valence-corrected chi connectivity index (χ0v) is 11.4. The van der Waals surface area contributed by atoms with Crippen molar-refractivity contribution in [2.24, 2.45) is 0 Å². The van der Waals surface area contributed by atoms with Crippen molar-refractivity contribution in [2.75, 3.05) is 14.2 Å². The van der Waals surface area contributed by atoms with E-state index in [4.69, 9.17) is 9.84 Å². The molecule has 0 bridgehead atoms. The molecule has 4 nitrogen and oxygen atoms in total. The fraction of sp³-hybridized carbons (Fsp3) is 0.500. The van der Waals surface area contributed by atoms with E-state index < -0.39 is 12.0 Å². The van der Waals surface area contributed by atoms with E-state index in [0.29, 0.717) is 12.3 Å². The molecule has 1 rings (SSSR count). The Balaban J connectivity index is 2.97. The molecule has 0 amide bonds. The Morgan fingerprint density at radius 1 is 1.44 bits per heavy atom. The van der Waals surface area contributed by atoms with E-state index in [1.165, 1.54) is 0 Å². The van der Waals surface area contributed by atoms with Crippen LogP contribution in [0.3, 0.4) is 0 Å². The van der Waals surface area contributed by atoms with Gasteiger partial charge in [-0.3, -0.25) is 4.79 Å². The lowest BCUT2D eigenvalue weighted by Crippen LogP contribution is -2.35. The number of aliphatic carboxylic acids is 1. The average molecular weight is 251 g/mol. The predicted octanol–water partition coefficient (Wildman–Crippen LogP) is 2.03. The lowest BCUT2D eigenvalue weighted by atomic mass is 9.96. The lowest BCUT2D eigenvalue weighted by molar-refractivity contribution is -0.139. The van der Waals surface area contributed by atoms with E-state index in [1.807, 2.05) is 18.2 Å². The van der Waals surface area contributed by atoms with Crippen molar-refractivity contribution in [2.45, 2.75) is 32.2 Å². The summed E-state index contributed by atoms with van der Waals surface area (Å²) in [6.07, 6.45) is 0.468. The summed E-state index contributed by atoms with van der Waals surface area (Å²) in [5.41, 5.74) is 2.11. The first kappa shape index (κ1) is 14.5. The number of nitrogens with one attached hydrogen (secondary N) is 1. The van der Waals surface area contributed by atoms with Gasteiger partial charge in [-0.15, -0.1) is 0 Å². The van der Waals surface area contributed by atoms with Crippen LogP contribution in [0.15, 0.2) is 18.2 Å². The van der Waals surface area contributed by atoms with E-state index in [1.54, 1.807) is 14.2 Å². The molecule has 100 valence electrons. The summed E-state index contributed by atoms with van der Waals surface area (Å²) in [5, 5.41) is 11.8. The number of hydrogen-bond acceptors (Lipinski definition) is 3. The number of rotatable bonds is 6. The third-order valence-corrected chi connectivity index (χ3v) is 3.00. The Hall–Kier alpha value is -1.55. The highest BCUT2D eigenvalue weighted by Crippen LogP contribution is 2.27. The summed E-state index contributed by atoms with van der Waals surface area (Å²) in [4.78, 5) is 11.0. The van der Waals surface area contributed by atoms with E-state index in [2.05, 4.69) is 19.2 Å². The Morgan fingerprint density at radius 2 is 2.11 bits per heavy atom. The number of methoxy groups -OCH3 is 1. The number of ether oxygens (including phenoxy) is 1. The number of benzene rings is 1. The zero-order chi connectivity index (χ0) is 13.7. The minimum atomic E-state index is -0.834. The van der Waals surface area contributed by atoms with Crippen molar-refractivity contribution in [1.29, 1.82) is 0 Å². The van der Waals surface area contributed by atoms with E-state index in [-0.39, 0.29) is 0 Å². The van der Waals surface area contributed by atoms with Crippen molar-refractivity contribution < 1.29 is 14.6 Å². The number of hydrogen-bond donors (Lipinski definition) is 2. The van der Waals surface area contributed by atoms with Crippen LogP contribution in [-0.4, -0.2) is 31.3 Å². The van der Waals surface area contributed by atoms with E-state index in [0.717, 1.165) is 16.9 Å². The Bertz CT molecular complexity index is 416. The fourth-order valence-electron chi connectivity index (χ4n) is 1.91. The molecular weight excluding hydrogens is 230 g/mol. The first-order valence-corrected chi connectivity index (χ1v) is 6.06. The molecule has 18 heavy (non-hydrogen) atoms. The van der Waals surface area contributed by atoms with Crippen LogP contribution in [0.25, 0.3) is 0 Å². The monoisotopic (exact) mass is 251 g/mol. The molecule has 1 atom stereocenters. The first-order valence-electron chi connectivity index (χ1n) is 6.06. The molecule has 0 aliphatic heterocycles. The van der Waals surface area contributed by atoms with E-state index >= 15 is 0 Å². The molecule has 0 heterocycles. The van der Waals surface area contributed by atoms with Gasteiger partial charge in [-0.25, -0.2) is 0 Å². The maximum absolute atomic E-state index is 11.0. The van der Waals surface area contributed by atoms with Crippen molar-refractivity contribution in [1.82, 2.24) is 5.32 Å². The molecule has 4 heteroatoms. The van der Waals surface area contributed by atoms with Gasteiger partial charge < -0.3 is 15.2 Å². The van der Waals surface area contributed by atoms with Crippen LogP contribution in [0.5, 0.6) is 5.75 Å². The molecule has 1 aromatic carbocycles. The van der Waals surface area contributed by atoms with Gasteiger partial charge in [0.1, 0.15) is 11.8 Å². The molecule has 0 radical (unpaired) electrons. The van der Waals surface area contributed by atoms with Gasteiger partial charge in [0.05, 0.1) is 7.11 Å². The minimum Gasteiger partial charge on any atom is -0.496 e. The SMILES string of the molecule is CNC(Cc1ccc(OC)c(C(C)C)c1)C(=O)O. The van der Waals surface area contributed by atoms with Gasteiger partial charge in [-0.05, 0) is 36.6 Å². The topological polar surface area (TPSA) is 58.6 Å². The van der Waals surface area contributed by atoms with Gasteiger partial charge in [-0.1, -0.05) is 26.0 Å². The normalized spacial score (nSPS) is 12.5. The van der Waals surface area contributed by atoms with Crippen LogP contribution in [-0.2, 0) is 11.2 Å². The number of likely N-dealkylation sites (N-methyl/N-ethyl adjacent to an activating group) is 1. The first-order chi connectivity index (χ1) is 8.49. The molecule has 0 fully saturated rings. The summed E-state index contributed by atoms with van der Waals surface area (Å²) in [6, 6.07) is 5.28. The predicted molar refractivity (Wildman–Crippen MR) is 71.3 cm³/mol. The standard InChI is InChI=1S/C14H21NO3/c1-9(2)11-7-10(5-6-13(11)18-4)8-12(15-3)14(16)17/h5-7,9,12,15H,8H2,1-4H3,(H,16,17). The highest BCUT2D eigenvalue weighted by atomic mass is 16.5. The summed E-state index contributed by atoms with van der Waals surface area (Å²) >= 11 is 0. The second-order valence-corrected chi connectivity index (χ2v) is 4.61. The van der Waals surface area contributed by atoms with Gasteiger partial charge in [0.25, 0.3) is 0 Å². The van der Waals surface area contributed by atoms with Crippen molar-refractivity contribution in [3.05, 3.63) is 29.3 Å². The maximum atomic E-state index is 11.0. The third-order valence-electron chi connectivity index (χ3n) is 3.00. The molecule has 1 aromatic rings. The minimum absolute atomic E-state index is 0.345. The summed E-state index contributed by atoms with van der Waals surface area (Å²) in [6.45, 7) is 4.18. The van der Waals surface area contributed by atoms with Crippen molar-refractivity contribution in [3.8, 4) is 5.75 Å². The fourth-order valence-corrected chi connectivity index (χ4v) is 1.91. The van der Waals surface area contributed by atoms with Gasteiger partial charge >= 0.3 is 5.97 Å². The molecule has 0 saturated heterocycles. The smallest absolute Gasteiger partial charge is 0.321 e. The average Bonchev–Trinajstić information content (AvgIpc) is 2.35. The highest BCUT2D eigenvalue weighted by Gasteiger charge is 2.16. The molecule has 0 saturated carbocycles.